The third-order valence-corrected chi connectivity index (χ3v) is 6.15. The number of nitrogens with zero attached hydrogens (tertiary/aromatic N) is 2. The second-order valence-corrected chi connectivity index (χ2v) is 7.84. The van der Waals surface area contributed by atoms with Crippen LogP contribution >= 0.6 is 0 Å². The van der Waals surface area contributed by atoms with Crippen LogP contribution in [0.5, 0.6) is 0 Å². The minimum atomic E-state index is 0.320. The summed E-state index contributed by atoms with van der Waals surface area (Å²) in [5, 5.41) is 6.97. The number of likely N-dealkylation sites (tertiary alicyclic amines) is 1. The lowest BCUT2D eigenvalue weighted by Gasteiger charge is -2.30. The monoisotopic (exact) mass is 366 g/mol. The molecule has 150 valence electrons. The molecule has 0 bridgehead atoms. The number of aliphatic imine (C=N–C) groups is 1. The Hall–Kier alpha value is -1.30. The molecule has 2 fully saturated rings. The topological polar surface area (TPSA) is 66.0 Å². The molecule has 0 spiro atoms. The van der Waals surface area contributed by atoms with Crippen LogP contribution in [0, 0.1) is 5.41 Å². The lowest BCUT2D eigenvalue weighted by molar-refractivity contribution is -0.129. The minimum Gasteiger partial charge on any atom is -0.385 e. The van der Waals surface area contributed by atoms with Crippen LogP contribution < -0.4 is 10.6 Å². The van der Waals surface area contributed by atoms with Crippen LogP contribution in [0.4, 0.5) is 0 Å². The maximum atomic E-state index is 12.0. The zero-order valence-corrected chi connectivity index (χ0v) is 17.0. The van der Waals surface area contributed by atoms with Crippen LogP contribution in [0.2, 0.25) is 0 Å². The van der Waals surface area contributed by atoms with E-state index in [0.717, 1.165) is 64.3 Å². The number of carbonyl (C=O) groups is 1. The minimum absolute atomic E-state index is 0.320. The summed E-state index contributed by atoms with van der Waals surface area (Å²) in [5.41, 5.74) is 0.349. The van der Waals surface area contributed by atoms with Gasteiger partial charge < -0.3 is 20.3 Å². The first kappa shape index (κ1) is 21.0. The Morgan fingerprint density at radius 3 is 2.65 bits per heavy atom. The van der Waals surface area contributed by atoms with E-state index in [2.05, 4.69) is 27.4 Å². The van der Waals surface area contributed by atoms with E-state index in [4.69, 9.17) is 4.74 Å². The Morgan fingerprint density at radius 1 is 1.31 bits per heavy atom. The molecule has 1 amide bonds. The zero-order chi connectivity index (χ0) is 18.8. The number of hydrogen-bond donors (Lipinski definition) is 2. The maximum Gasteiger partial charge on any atom is 0.222 e. The molecule has 26 heavy (non-hydrogen) atoms. The fraction of sp³-hybridized carbons (Fsp3) is 0.900. The molecule has 2 N–H and O–H groups in total. The highest BCUT2D eigenvalue weighted by molar-refractivity contribution is 5.80. The van der Waals surface area contributed by atoms with Crippen molar-refractivity contribution in [3.05, 3.63) is 0 Å². The van der Waals surface area contributed by atoms with Gasteiger partial charge in [0.15, 0.2) is 5.96 Å². The predicted octanol–water partition coefficient (Wildman–Crippen LogP) is 2.54. The largest absolute Gasteiger partial charge is 0.385 e. The van der Waals surface area contributed by atoms with Crippen molar-refractivity contribution >= 4 is 11.9 Å². The third-order valence-electron chi connectivity index (χ3n) is 6.15. The molecule has 6 nitrogen and oxygen atoms in total. The molecular formula is C20H38N4O2. The number of hydrogen-bond acceptors (Lipinski definition) is 3. The number of carbonyl (C=O) groups excluding carboxylic acids is 1. The van der Waals surface area contributed by atoms with Crippen molar-refractivity contribution in [2.45, 2.75) is 70.8 Å². The van der Waals surface area contributed by atoms with Gasteiger partial charge >= 0.3 is 0 Å². The number of rotatable bonds is 10. The number of guanidine groups is 1. The van der Waals surface area contributed by atoms with Gasteiger partial charge in [-0.05, 0) is 43.9 Å². The van der Waals surface area contributed by atoms with Gasteiger partial charge in [0.05, 0.1) is 0 Å². The lowest BCUT2D eigenvalue weighted by atomic mass is 9.83. The molecule has 0 radical (unpaired) electrons. The van der Waals surface area contributed by atoms with Gasteiger partial charge in [-0.15, -0.1) is 0 Å². The van der Waals surface area contributed by atoms with Gasteiger partial charge in [-0.3, -0.25) is 9.79 Å². The van der Waals surface area contributed by atoms with Crippen molar-refractivity contribution in [3.8, 4) is 0 Å². The molecule has 1 saturated heterocycles. The van der Waals surface area contributed by atoms with Gasteiger partial charge in [0.25, 0.3) is 0 Å². The first-order chi connectivity index (χ1) is 12.6. The van der Waals surface area contributed by atoms with Gasteiger partial charge in [0, 0.05) is 52.9 Å². The second-order valence-electron chi connectivity index (χ2n) is 7.84. The van der Waals surface area contributed by atoms with E-state index in [1.807, 2.05) is 7.05 Å². The van der Waals surface area contributed by atoms with Crippen molar-refractivity contribution < 1.29 is 9.53 Å². The summed E-state index contributed by atoms with van der Waals surface area (Å²) in [6.07, 6.45) is 10.0. The number of methoxy groups -OCH3 is 1. The normalized spacial score (nSPS) is 21.3. The fourth-order valence-corrected chi connectivity index (χ4v) is 4.44. The standard InChI is InChI=1S/C20H38N4O2/c1-4-17(24-14-7-8-18(24)25)9-13-22-19(21-2)23-16-20(12-15-26-3)10-5-6-11-20/h17H,4-16H2,1-3H3,(H2,21,22,23). The lowest BCUT2D eigenvalue weighted by Crippen LogP contribution is -2.45. The molecule has 2 aliphatic rings. The van der Waals surface area contributed by atoms with Gasteiger partial charge in [-0.2, -0.15) is 0 Å². The average Bonchev–Trinajstić information content (AvgIpc) is 3.29. The van der Waals surface area contributed by atoms with Crippen molar-refractivity contribution in [2.75, 3.05) is 40.4 Å². The summed E-state index contributed by atoms with van der Waals surface area (Å²) < 4.78 is 5.32. The Morgan fingerprint density at radius 2 is 2.08 bits per heavy atom. The first-order valence-electron chi connectivity index (χ1n) is 10.4. The van der Waals surface area contributed by atoms with E-state index in [1.165, 1.54) is 25.7 Å². The van der Waals surface area contributed by atoms with Gasteiger partial charge in [-0.25, -0.2) is 0 Å². The first-order valence-corrected chi connectivity index (χ1v) is 10.4. The smallest absolute Gasteiger partial charge is 0.222 e. The SMILES string of the molecule is CCC(CCNC(=NC)NCC1(CCOC)CCCC1)N1CCCC1=O. The molecule has 1 aliphatic carbocycles. The molecular weight excluding hydrogens is 328 g/mol. The number of nitrogens with one attached hydrogen (secondary N) is 2. The average molecular weight is 367 g/mol. The highest BCUT2D eigenvalue weighted by Crippen LogP contribution is 2.40. The van der Waals surface area contributed by atoms with Crippen molar-refractivity contribution in [3.63, 3.8) is 0 Å². The van der Waals surface area contributed by atoms with Crippen LogP contribution in [0.25, 0.3) is 0 Å². The zero-order valence-electron chi connectivity index (χ0n) is 17.0. The van der Waals surface area contributed by atoms with Crippen molar-refractivity contribution in [1.29, 1.82) is 0 Å². The Balaban J connectivity index is 1.75. The van der Waals surface area contributed by atoms with E-state index in [9.17, 15) is 4.79 Å². The van der Waals surface area contributed by atoms with E-state index in [0.29, 0.717) is 17.4 Å². The fourth-order valence-electron chi connectivity index (χ4n) is 4.44. The quantitative estimate of drug-likeness (QED) is 0.461. The Labute approximate surface area is 159 Å². The highest BCUT2D eigenvalue weighted by Gasteiger charge is 2.33. The summed E-state index contributed by atoms with van der Waals surface area (Å²) in [7, 11) is 3.61. The van der Waals surface area contributed by atoms with Crippen LogP contribution in [0.1, 0.15) is 64.7 Å². The molecule has 6 heteroatoms. The summed E-state index contributed by atoms with van der Waals surface area (Å²) in [5.74, 6) is 1.19. The predicted molar refractivity (Wildman–Crippen MR) is 106 cm³/mol. The van der Waals surface area contributed by atoms with Gasteiger partial charge in [-0.1, -0.05) is 19.8 Å². The second kappa shape index (κ2) is 10.8. The molecule has 1 unspecified atom stereocenters. The van der Waals surface area contributed by atoms with Crippen molar-refractivity contribution in [2.24, 2.45) is 10.4 Å². The molecule has 1 aliphatic heterocycles. The summed E-state index contributed by atoms with van der Waals surface area (Å²) >= 11 is 0. The molecule has 1 heterocycles. The van der Waals surface area contributed by atoms with Crippen molar-refractivity contribution in [1.82, 2.24) is 15.5 Å². The maximum absolute atomic E-state index is 12.0. The van der Waals surface area contributed by atoms with E-state index < -0.39 is 0 Å². The Bertz CT molecular complexity index is 461. The Kier molecular flexibility index (Phi) is 8.69. The summed E-state index contributed by atoms with van der Waals surface area (Å²) in [4.78, 5) is 18.4. The van der Waals surface area contributed by atoms with Crippen LogP contribution in [-0.4, -0.2) is 63.2 Å². The number of amides is 1. The molecule has 0 aromatic heterocycles. The summed E-state index contributed by atoms with van der Waals surface area (Å²) in [6.45, 7) is 5.72. The van der Waals surface area contributed by atoms with Gasteiger partial charge in [0.2, 0.25) is 5.91 Å². The molecule has 1 saturated carbocycles. The molecule has 0 aromatic rings. The van der Waals surface area contributed by atoms with Crippen LogP contribution in [-0.2, 0) is 9.53 Å². The summed E-state index contributed by atoms with van der Waals surface area (Å²) in [6, 6.07) is 0.346. The van der Waals surface area contributed by atoms with E-state index in [-0.39, 0.29) is 0 Å². The molecule has 0 aromatic carbocycles. The van der Waals surface area contributed by atoms with E-state index in [1.54, 1.807) is 7.11 Å². The number of ether oxygens (including phenoxy) is 1. The molecule has 1 atom stereocenters. The highest BCUT2D eigenvalue weighted by atomic mass is 16.5. The van der Waals surface area contributed by atoms with Gasteiger partial charge in [0.1, 0.15) is 0 Å². The van der Waals surface area contributed by atoms with Crippen LogP contribution in [0.15, 0.2) is 4.99 Å². The van der Waals surface area contributed by atoms with Crippen LogP contribution in [0.3, 0.4) is 0 Å². The third kappa shape index (κ3) is 5.86. The van der Waals surface area contributed by atoms with E-state index >= 15 is 0 Å². The molecule has 2 rings (SSSR count).